The summed E-state index contributed by atoms with van der Waals surface area (Å²) in [6.07, 6.45) is -0.340. The van der Waals surface area contributed by atoms with Crippen LogP contribution in [0.2, 0.25) is 0 Å². The van der Waals surface area contributed by atoms with Crippen LogP contribution in [-0.2, 0) is 19.1 Å². The number of carbonyl (C=O) groups excluding carboxylic acids is 2. The molecule has 1 fully saturated rings. The van der Waals surface area contributed by atoms with E-state index in [1.54, 1.807) is 0 Å². The fourth-order valence-corrected chi connectivity index (χ4v) is 4.77. The maximum atomic E-state index is 12.6. The average molecular weight is 467 g/mol. The van der Waals surface area contributed by atoms with E-state index < -0.39 is 24.1 Å². The first-order valence-electron chi connectivity index (χ1n) is 11.7. The third kappa shape index (κ3) is 5.07. The predicted octanol–water partition coefficient (Wildman–Crippen LogP) is 3.16. The van der Waals surface area contributed by atoms with E-state index >= 15 is 0 Å². The first kappa shape index (κ1) is 23.8. The monoisotopic (exact) mass is 466 g/mol. The maximum Gasteiger partial charge on any atom is 0.407 e. The molecule has 34 heavy (non-hydrogen) atoms. The van der Waals surface area contributed by atoms with Gasteiger partial charge in [-0.2, -0.15) is 0 Å². The highest BCUT2D eigenvalue weighted by molar-refractivity contribution is 5.80. The third-order valence-electron chi connectivity index (χ3n) is 6.70. The lowest BCUT2D eigenvalue weighted by atomic mass is 9.98. The Labute approximate surface area is 198 Å². The van der Waals surface area contributed by atoms with Crippen LogP contribution < -0.4 is 10.6 Å². The molecule has 1 aliphatic heterocycles. The van der Waals surface area contributed by atoms with E-state index in [2.05, 4.69) is 34.9 Å². The molecule has 180 valence electrons. The third-order valence-corrected chi connectivity index (χ3v) is 6.70. The number of hydrogen-bond acceptors (Lipinski definition) is 5. The molecule has 8 heteroatoms. The lowest BCUT2D eigenvalue weighted by molar-refractivity contribution is -0.149. The number of aliphatic carboxylic acids is 1. The van der Waals surface area contributed by atoms with E-state index in [4.69, 9.17) is 9.47 Å². The van der Waals surface area contributed by atoms with Crippen LogP contribution in [0.3, 0.4) is 0 Å². The highest BCUT2D eigenvalue weighted by atomic mass is 16.5. The summed E-state index contributed by atoms with van der Waals surface area (Å²) in [6.45, 7) is 2.82. The zero-order valence-electron chi connectivity index (χ0n) is 19.2. The van der Waals surface area contributed by atoms with Crippen molar-refractivity contribution in [2.75, 3.05) is 26.3 Å². The van der Waals surface area contributed by atoms with Gasteiger partial charge in [0.05, 0.1) is 5.92 Å². The highest BCUT2D eigenvalue weighted by Gasteiger charge is 2.34. The molecule has 0 saturated carbocycles. The quantitative estimate of drug-likeness (QED) is 0.523. The van der Waals surface area contributed by atoms with Crippen LogP contribution in [-0.4, -0.2) is 55.5 Å². The first-order valence-corrected chi connectivity index (χ1v) is 11.7. The van der Waals surface area contributed by atoms with Crippen molar-refractivity contribution in [2.24, 2.45) is 11.8 Å². The summed E-state index contributed by atoms with van der Waals surface area (Å²) in [5, 5.41) is 14.7. The van der Waals surface area contributed by atoms with Gasteiger partial charge < -0.3 is 25.2 Å². The van der Waals surface area contributed by atoms with Crippen molar-refractivity contribution in [1.29, 1.82) is 0 Å². The van der Waals surface area contributed by atoms with Gasteiger partial charge in [-0.15, -0.1) is 0 Å². The molecule has 1 heterocycles. The van der Waals surface area contributed by atoms with Crippen molar-refractivity contribution in [3.63, 3.8) is 0 Å². The van der Waals surface area contributed by atoms with Crippen LogP contribution in [0.15, 0.2) is 48.5 Å². The first-order chi connectivity index (χ1) is 16.5. The van der Waals surface area contributed by atoms with Crippen molar-refractivity contribution in [3.8, 4) is 11.1 Å². The molecule has 2 amide bonds. The summed E-state index contributed by atoms with van der Waals surface area (Å²) >= 11 is 0. The van der Waals surface area contributed by atoms with Crippen LogP contribution in [0.1, 0.15) is 36.8 Å². The number of benzene rings is 2. The van der Waals surface area contributed by atoms with Crippen LogP contribution in [0.4, 0.5) is 4.79 Å². The van der Waals surface area contributed by atoms with E-state index in [1.165, 1.54) is 0 Å². The van der Waals surface area contributed by atoms with Gasteiger partial charge in [0.25, 0.3) is 0 Å². The van der Waals surface area contributed by atoms with Gasteiger partial charge in [0.1, 0.15) is 6.61 Å². The standard InChI is InChI=1S/C26H30N2O6/c1-2-16(24(29)27-14-17-11-12-33-23(17)25(30)31)13-28-26(32)34-15-22-20-9-5-3-7-18(20)19-8-4-6-10-21(19)22/h3-10,16-17,22-23H,2,11-15H2,1H3,(H,27,29)(H,28,32)(H,30,31). The molecule has 3 atom stereocenters. The molecule has 3 N–H and O–H groups in total. The number of rotatable bonds is 9. The molecule has 0 radical (unpaired) electrons. The molecule has 1 saturated heterocycles. The minimum absolute atomic E-state index is 0.0285. The minimum atomic E-state index is -1.01. The molecule has 4 rings (SSSR count). The Morgan fingerprint density at radius 1 is 1.06 bits per heavy atom. The minimum Gasteiger partial charge on any atom is -0.479 e. The second-order valence-electron chi connectivity index (χ2n) is 8.74. The highest BCUT2D eigenvalue weighted by Crippen LogP contribution is 2.44. The Morgan fingerprint density at radius 3 is 2.32 bits per heavy atom. The predicted molar refractivity (Wildman–Crippen MR) is 125 cm³/mol. The summed E-state index contributed by atoms with van der Waals surface area (Å²) in [6, 6.07) is 16.2. The topological polar surface area (TPSA) is 114 Å². The Hall–Kier alpha value is -3.39. The van der Waals surface area contributed by atoms with Crippen molar-refractivity contribution in [1.82, 2.24) is 10.6 Å². The van der Waals surface area contributed by atoms with E-state index in [0.717, 1.165) is 22.3 Å². The van der Waals surface area contributed by atoms with Gasteiger partial charge in [-0.25, -0.2) is 9.59 Å². The number of alkyl carbamates (subject to hydrolysis) is 1. The molecule has 0 aromatic heterocycles. The number of fused-ring (bicyclic) bond motifs is 3. The Morgan fingerprint density at radius 2 is 1.71 bits per heavy atom. The number of carboxylic acids is 1. The van der Waals surface area contributed by atoms with Crippen molar-refractivity contribution >= 4 is 18.0 Å². The van der Waals surface area contributed by atoms with Crippen LogP contribution in [0.25, 0.3) is 11.1 Å². The Kier molecular flexibility index (Phi) is 7.47. The average Bonchev–Trinajstić information content (AvgIpc) is 3.45. The van der Waals surface area contributed by atoms with Gasteiger partial charge in [-0.3, -0.25) is 4.79 Å². The molecule has 3 unspecified atom stereocenters. The Balaban J connectivity index is 1.26. The van der Waals surface area contributed by atoms with Gasteiger partial charge in [0.2, 0.25) is 5.91 Å². The summed E-state index contributed by atoms with van der Waals surface area (Å²) in [5.74, 6) is -1.96. The normalized spacial score (nSPS) is 19.7. The van der Waals surface area contributed by atoms with Crippen LogP contribution in [0.5, 0.6) is 0 Å². The summed E-state index contributed by atoms with van der Waals surface area (Å²) in [7, 11) is 0. The fraction of sp³-hybridized carbons (Fsp3) is 0.423. The number of carbonyl (C=O) groups is 3. The van der Waals surface area contributed by atoms with Gasteiger partial charge in [-0.05, 0) is 35.1 Å². The number of amides is 2. The molecule has 0 bridgehead atoms. The molecular weight excluding hydrogens is 436 g/mol. The van der Waals surface area contributed by atoms with Crippen molar-refractivity contribution in [3.05, 3.63) is 59.7 Å². The number of carboxylic acid groups (broad SMARTS) is 1. The second-order valence-corrected chi connectivity index (χ2v) is 8.74. The fourth-order valence-electron chi connectivity index (χ4n) is 4.77. The van der Waals surface area contributed by atoms with Crippen LogP contribution in [0, 0.1) is 11.8 Å². The van der Waals surface area contributed by atoms with E-state index in [9.17, 15) is 19.5 Å². The Bertz CT molecular complexity index is 1010. The molecule has 1 aliphatic carbocycles. The van der Waals surface area contributed by atoms with Crippen LogP contribution >= 0.6 is 0 Å². The zero-order valence-corrected chi connectivity index (χ0v) is 19.2. The molecule has 0 spiro atoms. The smallest absolute Gasteiger partial charge is 0.407 e. The molecule has 2 aromatic carbocycles. The number of nitrogens with one attached hydrogen (secondary N) is 2. The lowest BCUT2D eigenvalue weighted by Gasteiger charge is -2.19. The summed E-state index contributed by atoms with van der Waals surface area (Å²) in [4.78, 5) is 36.2. The van der Waals surface area contributed by atoms with Gasteiger partial charge in [0, 0.05) is 31.5 Å². The lowest BCUT2D eigenvalue weighted by Crippen LogP contribution is -2.42. The van der Waals surface area contributed by atoms with Crippen molar-refractivity contribution in [2.45, 2.75) is 31.8 Å². The second kappa shape index (κ2) is 10.7. The van der Waals surface area contributed by atoms with Crippen molar-refractivity contribution < 1.29 is 29.0 Å². The number of hydrogen-bond donors (Lipinski definition) is 3. The van der Waals surface area contributed by atoms with E-state index in [-0.39, 0.29) is 37.4 Å². The van der Waals surface area contributed by atoms with E-state index in [1.807, 2.05) is 31.2 Å². The van der Waals surface area contributed by atoms with E-state index in [0.29, 0.717) is 19.4 Å². The SMILES string of the molecule is CCC(CNC(=O)OCC1c2ccccc2-c2ccccc21)C(=O)NCC1CCOC1C(=O)O. The zero-order chi connectivity index (χ0) is 24.1. The largest absolute Gasteiger partial charge is 0.479 e. The molecular formula is C26H30N2O6. The molecule has 8 nitrogen and oxygen atoms in total. The van der Waals surface area contributed by atoms with Gasteiger partial charge in [-0.1, -0.05) is 55.5 Å². The molecule has 2 aliphatic rings. The summed E-state index contributed by atoms with van der Waals surface area (Å²) in [5.41, 5.74) is 4.59. The van der Waals surface area contributed by atoms with Gasteiger partial charge in [0.15, 0.2) is 6.10 Å². The number of ether oxygens (including phenoxy) is 2. The summed E-state index contributed by atoms with van der Waals surface area (Å²) < 4.78 is 10.7. The maximum absolute atomic E-state index is 12.6. The molecule has 2 aromatic rings. The van der Waals surface area contributed by atoms with Gasteiger partial charge >= 0.3 is 12.1 Å².